The van der Waals surface area contributed by atoms with Gasteiger partial charge in [-0.05, 0) is 60.2 Å². The van der Waals surface area contributed by atoms with Crippen molar-refractivity contribution < 1.29 is 29.0 Å². The Morgan fingerprint density at radius 3 is 2.02 bits per heavy atom. The smallest absolute Gasteiger partial charge is 0.328 e. The van der Waals surface area contributed by atoms with Gasteiger partial charge in [0.05, 0.1) is 33.3 Å². The van der Waals surface area contributed by atoms with Gasteiger partial charge in [-0.1, -0.05) is 59.1 Å². The summed E-state index contributed by atoms with van der Waals surface area (Å²) in [4.78, 5) is 50.8. The van der Waals surface area contributed by atoms with Gasteiger partial charge in [0.1, 0.15) is 11.8 Å². The van der Waals surface area contributed by atoms with Crippen LogP contribution in [0.1, 0.15) is 36.6 Å². The Balaban J connectivity index is 1.42. The number of aromatic hydroxyl groups is 1. The molecule has 0 unspecified atom stereocenters. The number of phenols is 1. The third kappa shape index (κ3) is 8.04. The first-order chi connectivity index (χ1) is 20.5. The van der Waals surface area contributed by atoms with Gasteiger partial charge in [0, 0.05) is 29.4 Å². The minimum absolute atomic E-state index is 0.00972. The number of benzene rings is 4. The molecular formula is C31H24Cl3N3O6. The summed E-state index contributed by atoms with van der Waals surface area (Å²) >= 11 is 18.6. The molecule has 9 nitrogen and oxygen atoms in total. The lowest BCUT2D eigenvalue weighted by molar-refractivity contribution is -0.142. The standard InChI is InChI=1S/C31H24Cl3N3O6/c1-43-31(42)26(14-17-8-11-19(12-9-17)35-30(41)27-23(32)6-3-7-24(27)33)37-29(40)22-13-10-18(15-25(22)34)28(39)36-20-4-2-5-21(38)16-20/h2-13,15-16,26,38H,14H2,1H3,(H,35,41)(H,36,39)(H,37,40)/t26-/m0/s1. The van der Waals surface area contributed by atoms with Crippen LogP contribution in [0.5, 0.6) is 5.75 Å². The molecule has 0 fully saturated rings. The summed E-state index contributed by atoms with van der Waals surface area (Å²) in [5.41, 5.74) is 1.87. The van der Waals surface area contributed by atoms with Crippen LogP contribution >= 0.6 is 34.8 Å². The molecule has 3 amide bonds. The first-order valence-corrected chi connectivity index (χ1v) is 13.8. The van der Waals surface area contributed by atoms with E-state index in [-0.39, 0.29) is 43.9 Å². The highest BCUT2D eigenvalue weighted by atomic mass is 35.5. The van der Waals surface area contributed by atoms with Gasteiger partial charge in [0.25, 0.3) is 17.7 Å². The van der Waals surface area contributed by atoms with Gasteiger partial charge in [0.2, 0.25) is 0 Å². The summed E-state index contributed by atoms with van der Waals surface area (Å²) in [5.74, 6) is -2.33. The van der Waals surface area contributed by atoms with E-state index < -0.39 is 29.7 Å². The Bertz CT molecular complexity index is 1670. The first-order valence-electron chi connectivity index (χ1n) is 12.7. The lowest BCUT2D eigenvalue weighted by Gasteiger charge is -2.18. The SMILES string of the molecule is COC(=O)[C@H](Cc1ccc(NC(=O)c2c(Cl)cccc2Cl)cc1)NC(=O)c1ccc(C(=O)Nc2cccc(O)c2)cc1Cl. The van der Waals surface area contributed by atoms with Gasteiger partial charge in [-0.2, -0.15) is 0 Å². The van der Waals surface area contributed by atoms with Crippen LogP contribution in [0.2, 0.25) is 15.1 Å². The third-order valence-corrected chi connectivity index (χ3v) is 7.16. The summed E-state index contributed by atoms with van der Waals surface area (Å²) in [7, 11) is 1.20. The number of amides is 3. The Hall–Kier alpha value is -4.57. The number of hydrogen-bond acceptors (Lipinski definition) is 6. The fourth-order valence-corrected chi connectivity index (χ4v) is 4.90. The molecule has 4 aromatic rings. The molecule has 0 heterocycles. The van der Waals surface area contributed by atoms with E-state index >= 15 is 0 Å². The van der Waals surface area contributed by atoms with Gasteiger partial charge in [-0.3, -0.25) is 14.4 Å². The normalized spacial score (nSPS) is 11.3. The molecule has 0 aliphatic carbocycles. The van der Waals surface area contributed by atoms with Crippen LogP contribution in [0.3, 0.4) is 0 Å². The maximum Gasteiger partial charge on any atom is 0.328 e. The molecular weight excluding hydrogens is 617 g/mol. The molecule has 4 aromatic carbocycles. The molecule has 0 saturated heterocycles. The van der Waals surface area contributed by atoms with Crippen molar-refractivity contribution in [1.29, 1.82) is 0 Å². The van der Waals surface area contributed by atoms with Gasteiger partial charge in [0.15, 0.2) is 0 Å². The summed E-state index contributed by atoms with van der Waals surface area (Å²) < 4.78 is 4.88. The molecule has 1 atom stereocenters. The first kappa shape index (κ1) is 31.4. The highest BCUT2D eigenvalue weighted by molar-refractivity contribution is 6.40. The molecule has 0 spiro atoms. The number of esters is 1. The average Bonchev–Trinajstić information content (AvgIpc) is 2.97. The second-order valence-corrected chi connectivity index (χ2v) is 10.4. The summed E-state index contributed by atoms with van der Waals surface area (Å²) in [6.07, 6.45) is 0.0744. The zero-order valence-corrected chi connectivity index (χ0v) is 24.8. The minimum atomic E-state index is -1.07. The van der Waals surface area contributed by atoms with Crippen LogP contribution in [0, 0.1) is 0 Å². The number of phenolic OH excluding ortho intramolecular Hbond substituents is 1. The minimum Gasteiger partial charge on any atom is -0.508 e. The predicted molar refractivity (Wildman–Crippen MR) is 165 cm³/mol. The van der Waals surface area contributed by atoms with Crippen molar-refractivity contribution in [2.45, 2.75) is 12.5 Å². The van der Waals surface area contributed by atoms with E-state index in [4.69, 9.17) is 39.5 Å². The molecule has 12 heteroatoms. The number of carbonyl (C=O) groups is 4. The number of hydrogen-bond donors (Lipinski definition) is 4. The van der Waals surface area contributed by atoms with E-state index in [0.29, 0.717) is 16.9 Å². The van der Waals surface area contributed by atoms with E-state index in [1.807, 2.05) is 0 Å². The maximum absolute atomic E-state index is 13.1. The molecule has 4 N–H and O–H groups in total. The van der Waals surface area contributed by atoms with Crippen molar-refractivity contribution in [2.75, 3.05) is 17.7 Å². The number of ether oxygens (including phenoxy) is 1. The van der Waals surface area contributed by atoms with E-state index in [0.717, 1.165) is 0 Å². The van der Waals surface area contributed by atoms with Crippen molar-refractivity contribution in [2.24, 2.45) is 0 Å². The number of anilines is 2. The lowest BCUT2D eigenvalue weighted by Crippen LogP contribution is -2.43. The van der Waals surface area contributed by atoms with Crippen molar-refractivity contribution in [3.63, 3.8) is 0 Å². The van der Waals surface area contributed by atoms with E-state index in [2.05, 4.69) is 16.0 Å². The highest BCUT2D eigenvalue weighted by Gasteiger charge is 2.24. The number of halogens is 3. The van der Waals surface area contributed by atoms with Gasteiger partial charge in [-0.15, -0.1) is 0 Å². The average molecular weight is 641 g/mol. The quantitative estimate of drug-likeness (QED) is 0.157. The number of rotatable bonds is 9. The molecule has 0 bridgehead atoms. The largest absolute Gasteiger partial charge is 0.508 e. The van der Waals surface area contributed by atoms with Crippen LogP contribution in [0.25, 0.3) is 0 Å². The van der Waals surface area contributed by atoms with Gasteiger partial charge in [-0.25, -0.2) is 4.79 Å². The van der Waals surface area contributed by atoms with Crippen molar-refractivity contribution in [3.8, 4) is 5.75 Å². The fourth-order valence-electron chi connectivity index (χ4n) is 4.07. The molecule has 4 rings (SSSR count). The lowest BCUT2D eigenvalue weighted by atomic mass is 10.0. The van der Waals surface area contributed by atoms with Crippen molar-refractivity contribution >= 4 is 69.9 Å². The molecule has 0 saturated carbocycles. The zero-order valence-electron chi connectivity index (χ0n) is 22.5. The fraction of sp³-hybridized carbons (Fsp3) is 0.0968. The summed E-state index contributed by atoms with van der Waals surface area (Å²) in [6.45, 7) is 0. The van der Waals surface area contributed by atoms with Gasteiger partial charge < -0.3 is 25.8 Å². The van der Waals surface area contributed by atoms with Crippen LogP contribution < -0.4 is 16.0 Å². The van der Waals surface area contributed by atoms with Crippen LogP contribution in [-0.4, -0.2) is 41.9 Å². The molecule has 0 aromatic heterocycles. The molecule has 43 heavy (non-hydrogen) atoms. The second-order valence-electron chi connectivity index (χ2n) is 9.20. The summed E-state index contributed by atoms with van der Waals surface area (Å²) in [6, 6.07) is 20.4. The van der Waals surface area contributed by atoms with E-state index in [1.165, 1.54) is 37.4 Å². The van der Waals surface area contributed by atoms with Crippen molar-refractivity contribution in [1.82, 2.24) is 5.32 Å². The zero-order chi connectivity index (χ0) is 31.1. The number of nitrogens with one attached hydrogen (secondary N) is 3. The van der Waals surface area contributed by atoms with Crippen molar-refractivity contribution in [3.05, 3.63) is 122 Å². The highest BCUT2D eigenvalue weighted by Crippen LogP contribution is 2.26. The summed E-state index contributed by atoms with van der Waals surface area (Å²) in [5, 5.41) is 18.0. The van der Waals surface area contributed by atoms with Gasteiger partial charge >= 0.3 is 5.97 Å². The third-order valence-electron chi connectivity index (χ3n) is 6.21. The Kier molecular flexibility index (Phi) is 10.3. The Morgan fingerprint density at radius 2 is 1.40 bits per heavy atom. The number of methoxy groups -OCH3 is 1. The predicted octanol–water partition coefficient (Wildman–Crippen LogP) is 6.37. The van der Waals surface area contributed by atoms with E-state index in [9.17, 15) is 24.3 Å². The molecule has 0 aliphatic heterocycles. The monoisotopic (exact) mass is 639 g/mol. The molecule has 0 radical (unpaired) electrons. The van der Waals surface area contributed by atoms with Crippen LogP contribution in [-0.2, 0) is 16.0 Å². The van der Waals surface area contributed by atoms with Crippen LogP contribution in [0.4, 0.5) is 11.4 Å². The second kappa shape index (κ2) is 14.1. The Morgan fingerprint density at radius 1 is 0.744 bits per heavy atom. The van der Waals surface area contributed by atoms with E-state index in [1.54, 1.807) is 54.6 Å². The maximum atomic E-state index is 13.1. The molecule has 0 aliphatic rings. The molecule has 220 valence electrons. The van der Waals surface area contributed by atoms with Crippen LogP contribution in [0.15, 0.2) is 84.9 Å². The number of carbonyl (C=O) groups excluding carboxylic acids is 4. The Labute approximate surface area is 261 Å². The topological polar surface area (TPSA) is 134 Å².